The number of nitrogens with zero attached hydrogens (tertiary/aromatic N) is 2. The van der Waals surface area contributed by atoms with E-state index in [1.54, 1.807) is 12.1 Å². The molecule has 0 radical (unpaired) electrons. The first-order valence-corrected chi connectivity index (χ1v) is 5.86. The van der Waals surface area contributed by atoms with Gasteiger partial charge in [-0.15, -0.1) is 5.52 Å². The predicted octanol–water partition coefficient (Wildman–Crippen LogP) is -1.66. The van der Waals surface area contributed by atoms with E-state index in [2.05, 4.69) is 9.88 Å². The molecule has 90 valence electrons. The van der Waals surface area contributed by atoms with Crippen LogP contribution in [0.4, 0.5) is 0 Å². The van der Waals surface area contributed by atoms with Crippen molar-refractivity contribution in [2.24, 2.45) is 0 Å². The molecule has 1 fully saturated rings. The van der Waals surface area contributed by atoms with Crippen molar-refractivity contribution in [2.75, 3.05) is 26.3 Å². The number of aromatic hydroxyl groups is 1. The number of morpholine rings is 1. The Morgan fingerprint density at radius 3 is 2.83 bits per heavy atom. The van der Waals surface area contributed by atoms with Gasteiger partial charge in [0.2, 0.25) is 0 Å². The molecule has 0 bridgehead atoms. The van der Waals surface area contributed by atoms with E-state index in [-0.39, 0.29) is 35.3 Å². The summed E-state index contributed by atoms with van der Waals surface area (Å²) in [5.41, 5.74) is 2.09. The molecule has 1 aromatic carbocycles. The van der Waals surface area contributed by atoms with Crippen LogP contribution in [0, 0.1) is 0 Å². The maximum absolute atomic E-state index is 9.39. The minimum atomic E-state index is 0. The molecule has 1 aliphatic heterocycles. The smallest absolute Gasteiger partial charge is 0.663 e. The van der Waals surface area contributed by atoms with E-state index in [1.165, 1.54) is 5.56 Å². The van der Waals surface area contributed by atoms with Crippen LogP contribution in [0.2, 0.25) is 0 Å². The van der Waals surface area contributed by atoms with Crippen molar-refractivity contribution in [2.45, 2.75) is 6.54 Å². The van der Waals surface area contributed by atoms with E-state index in [0.717, 1.165) is 43.8 Å². The van der Waals surface area contributed by atoms with Gasteiger partial charge in [0.25, 0.3) is 0 Å². The first-order chi connectivity index (χ1) is 8.33. The van der Waals surface area contributed by atoms with Crippen LogP contribution in [-0.2, 0) is 11.3 Å². The molecular weight excluding hydrogens is 239 g/mol. The predicted molar refractivity (Wildman–Crippen MR) is 65.0 cm³/mol. The van der Waals surface area contributed by atoms with Crippen LogP contribution in [0.1, 0.15) is 5.56 Å². The van der Waals surface area contributed by atoms with E-state index in [9.17, 15) is 5.11 Å². The first-order valence-electron chi connectivity index (χ1n) is 5.86. The molecular formula is C13H15N2NaO2. The molecule has 4 nitrogen and oxygen atoms in total. The summed E-state index contributed by atoms with van der Waals surface area (Å²) in [6.45, 7) is 4.49. The standard InChI is InChI=1S/C13H15N2O2.Na/c16-11-1-2-12-10(8-14-13(12)7-11)9-15-3-5-17-6-4-15;/h1-2,7-8,16H,3-6,9H2;/q-1;+1. The molecule has 1 aromatic heterocycles. The summed E-state index contributed by atoms with van der Waals surface area (Å²) in [6.07, 6.45) is 1.90. The molecule has 0 unspecified atom stereocenters. The van der Waals surface area contributed by atoms with Crippen molar-refractivity contribution < 1.29 is 39.4 Å². The Morgan fingerprint density at radius 1 is 1.28 bits per heavy atom. The molecule has 1 saturated heterocycles. The van der Waals surface area contributed by atoms with Crippen LogP contribution in [-0.4, -0.2) is 36.3 Å². The normalized spacial score (nSPS) is 16.7. The Bertz CT molecular complexity index is 521. The Morgan fingerprint density at radius 2 is 2.06 bits per heavy atom. The van der Waals surface area contributed by atoms with E-state index in [4.69, 9.17) is 4.74 Å². The molecule has 2 heterocycles. The third-order valence-electron chi connectivity index (χ3n) is 3.18. The van der Waals surface area contributed by atoms with Gasteiger partial charge < -0.3 is 14.8 Å². The Hall–Kier alpha value is -0.520. The number of benzene rings is 1. The van der Waals surface area contributed by atoms with Crippen LogP contribution in [0.25, 0.3) is 10.9 Å². The molecule has 1 N–H and O–H groups in total. The van der Waals surface area contributed by atoms with Crippen molar-refractivity contribution in [3.05, 3.63) is 30.0 Å². The van der Waals surface area contributed by atoms with E-state index in [0.29, 0.717) is 0 Å². The number of phenols is 1. The van der Waals surface area contributed by atoms with Crippen LogP contribution < -0.4 is 34.5 Å². The summed E-state index contributed by atoms with van der Waals surface area (Å²) in [5, 5.41) is 10.5. The van der Waals surface area contributed by atoms with Gasteiger partial charge in [-0.3, -0.25) is 4.90 Å². The number of fused-ring (bicyclic) bond motifs is 1. The van der Waals surface area contributed by atoms with Gasteiger partial charge in [0.15, 0.2) is 0 Å². The molecule has 0 saturated carbocycles. The summed E-state index contributed by atoms with van der Waals surface area (Å²) >= 11 is 0. The average molecular weight is 254 g/mol. The van der Waals surface area contributed by atoms with Gasteiger partial charge in [0.05, 0.1) is 13.2 Å². The van der Waals surface area contributed by atoms with Gasteiger partial charge in [0.1, 0.15) is 5.75 Å². The minimum Gasteiger partial charge on any atom is -0.663 e. The summed E-state index contributed by atoms with van der Waals surface area (Å²) in [6, 6.07) is 5.36. The monoisotopic (exact) mass is 254 g/mol. The number of rotatable bonds is 2. The summed E-state index contributed by atoms with van der Waals surface area (Å²) in [7, 11) is 0. The van der Waals surface area contributed by atoms with Crippen molar-refractivity contribution in [3.8, 4) is 5.75 Å². The molecule has 1 aliphatic rings. The number of hydrogen-bond acceptors (Lipinski definition) is 3. The average Bonchev–Trinajstić information content (AvgIpc) is 2.73. The Balaban J connectivity index is 0.00000120. The molecule has 0 amide bonds. The largest absolute Gasteiger partial charge is 1.00 e. The molecule has 2 aromatic rings. The number of hydrogen-bond donors (Lipinski definition) is 1. The maximum Gasteiger partial charge on any atom is 1.00 e. The minimum absolute atomic E-state index is 0. The fourth-order valence-electron chi connectivity index (χ4n) is 2.24. The number of phenolic OH excluding ortho intramolecular Hbond substituents is 1. The molecule has 3 rings (SSSR count). The van der Waals surface area contributed by atoms with E-state index < -0.39 is 0 Å². The second kappa shape index (κ2) is 6.08. The van der Waals surface area contributed by atoms with Gasteiger partial charge in [-0.1, -0.05) is 6.07 Å². The Kier molecular flexibility index (Phi) is 4.70. The fourth-order valence-corrected chi connectivity index (χ4v) is 2.24. The van der Waals surface area contributed by atoms with Crippen molar-refractivity contribution in [3.63, 3.8) is 0 Å². The van der Waals surface area contributed by atoms with E-state index >= 15 is 0 Å². The summed E-state index contributed by atoms with van der Waals surface area (Å²) < 4.78 is 5.33. The topological polar surface area (TPSA) is 46.8 Å². The van der Waals surface area contributed by atoms with Crippen LogP contribution >= 0.6 is 0 Å². The van der Waals surface area contributed by atoms with Crippen molar-refractivity contribution >= 4 is 10.9 Å². The molecule has 0 atom stereocenters. The second-order valence-corrected chi connectivity index (χ2v) is 4.37. The summed E-state index contributed by atoms with van der Waals surface area (Å²) in [4.78, 5) is 6.69. The molecule has 18 heavy (non-hydrogen) atoms. The molecule has 5 heteroatoms. The zero-order chi connectivity index (χ0) is 11.7. The Labute approximate surface area is 128 Å². The maximum atomic E-state index is 9.39. The molecule has 0 aliphatic carbocycles. The van der Waals surface area contributed by atoms with Crippen LogP contribution in [0.5, 0.6) is 5.75 Å². The van der Waals surface area contributed by atoms with Gasteiger partial charge in [-0.05, 0) is 23.1 Å². The van der Waals surface area contributed by atoms with Gasteiger partial charge in [-0.2, -0.15) is 6.20 Å². The SMILES string of the molecule is Oc1ccc2c(CN3CCOCC3)c[n-]c2c1.[Na+]. The quantitative estimate of drug-likeness (QED) is 0.652. The molecule has 0 spiro atoms. The van der Waals surface area contributed by atoms with Crippen molar-refractivity contribution in [1.29, 1.82) is 0 Å². The third kappa shape index (κ3) is 2.90. The first kappa shape index (κ1) is 13.9. The number of aromatic nitrogens is 1. The van der Waals surface area contributed by atoms with Crippen LogP contribution in [0.15, 0.2) is 24.4 Å². The zero-order valence-electron chi connectivity index (χ0n) is 10.6. The van der Waals surface area contributed by atoms with Crippen LogP contribution in [0.3, 0.4) is 0 Å². The summed E-state index contributed by atoms with van der Waals surface area (Å²) in [5.74, 6) is 0.272. The fraction of sp³-hybridized carbons (Fsp3) is 0.385. The number of ether oxygens (including phenoxy) is 1. The van der Waals surface area contributed by atoms with Gasteiger partial charge >= 0.3 is 29.6 Å². The second-order valence-electron chi connectivity index (χ2n) is 4.37. The van der Waals surface area contributed by atoms with Gasteiger partial charge in [0, 0.05) is 19.6 Å². The zero-order valence-corrected chi connectivity index (χ0v) is 12.6. The van der Waals surface area contributed by atoms with E-state index in [1.807, 2.05) is 12.3 Å². The van der Waals surface area contributed by atoms with Gasteiger partial charge in [-0.25, -0.2) is 0 Å². The van der Waals surface area contributed by atoms with Crippen molar-refractivity contribution in [1.82, 2.24) is 9.88 Å². The third-order valence-corrected chi connectivity index (χ3v) is 3.18.